The quantitative estimate of drug-likeness (QED) is 0.744. The zero-order valence-electron chi connectivity index (χ0n) is 9.72. The van der Waals surface area contributed by atoms with Crippen molar-refractivity contribution < 1.29 is 4.74 Å². The summed E-state index contributed by atoms with van der Waals surface area (Å²) >= 11 is 5.72. The Morgan fingerprint density at radius 2 is 2.28 bits per heavy atom. The molecular weight excluding hydrogens is 258 g/mol. The third-order valence-electron chi connectivity index (χ3n) is 2.11. The molecule has 2 heterocycles. The SMILES string of the molecule is COc1nc(Cl)nc(NCCCc2ncn[nH]2)n1. The zero-order valence-corrected chi connectivity index (χ0v) is 10.5. The highest BCUT2D eigenvalue weighted by Crippen LogP contribution is 2.10. The van der Waals surface area contributed by atoms with Crippen molar-refractivity contribution in [1.29, 1.82) is 0 Å². The van der Waals surface area contributed by atoms with Gasteiger partial charge < -0.3 is 10.1 Å². The van der Waals surface area contributed by atoms with Crippen molar-refractivity contribution in [3.05, 3.63) is 17.4 Å². The van der Waals surface area contributed by atoms with Gasteiger partial charge in [-0.25, -0.2) is 4.98 Å². The second-order valence-corrected chi connectivity index (χ2v) is 3.72. The number of ether oxygens (including phenoxy) is 1. The van der Waals surface area contributed by atoms with E-state index >= 15 is 0 Å². The normalized spacial score (nSPS) is 10.3. The zero-order chi connectivity index (χ0) is 12.8. The molecule has 0 aliphatic carbocycles. The summed E-state index contributed by atoms with van der Waals surface area (Å²) in [6.45, 7) is 0.685. The maximum absolute atomic E-state index is 5.72. The lowest BCUT2D eigenvalue weighted by Gasteiger charge is -2.05. The van der Waals surface area contributed by atoms with Crippen LogP contribution in [0.1, 0.15) is 12.2 Å². The Balaban J connectivity index is 1.81. The van der Waals surface area contributed by atoms with E-state index < -0.39 is 0 Å². The van der Waals surface area contributed by atoms with Gasteiger partial charge in [-0.05, 0) is 18.0 Å². The summed E-state index contributed by atoms with van der Waals surface area (Å²) in [6.07, 6.45) is 3.14. The number of methoxy groups -OCH3 is 1. The van der Waals surface area contributed by atoms with E-state index in [0.717, 1.165) is 18.7 Å². The molecule has 0 atom stereocenters. The second kappa shape index (κ2) is 6.10. The van der Waals surface area contributed by atoms with Gasteiger partial charge in [-0.1, -0.05) is 0 Å². The van der Waals surface area contributed by atoms with E-state index in [0.29, 0.717) is 12.5 Å². The molecule has 0 radical (unpaired) electrons. The number of nitrogens with one attached hydrogen (secondary N) is 2. The fourth-order valence-corrected chi connectivity index (χ4v) is 1.46. The van der Waals surface area contributed by atoms with Gasteiger partial charge in [0.2, 0.25) is 11.2 Å². The number of hydrogen-bond donors (Lipinski definition) is 2. The highest BCUT2D eigenvalue weighted by Gasteiger charge is 2.04. The Labute approximate surface area is 108 Å². The van der Waals surface area contributed by atoms with Gasteiger partial charge in [0.05, 0.1) is 7.11 Å². The molecule has 9 heteroatoms. The number of hydrogen-bond acceptors (Lipinski definition) is 7. The minimum Gasteiger partial charge on any atom is -0.467 e. The minimum atomic E-state index is 0.0968. The maximum Gasteiger partial charge on any atom is 0.322 e. The van der Waals surface area contributed by atoms with E-state index in [1.54, 1.807) is 0 Å². The van der Waals surface area contributed by atoms with Crippen LogP contribution in [0, 0.1) is 0 Å². The summed E-state index contributed by atoms with van der Waals surface area (Å²) in [6, 6.07) is 0.188. The van der Waals surface area contributed by atoms with Gasteiger partial charge in [0, 0.05) is 13.0 Å². The lowest BCUT2D eigenvalue weighted by molar-refractivity contribution is 0.379. The van der Waals surface area contributed by atoms with Gasteiger partial charge in [0.1, 0.15) is 12.2 Å². The fraction of sp³-hybridized carbons (Fsp3) is 0.444. The van der Waals surface area contributed by atoms with Crippen molar-refractivity contribution in [1.82, 2.24) is 30.1 Å². The minimum absolute atomic E-state index is 0.0968. The van der Waals surface area contributed by atoms with E-state index in [-0.39, 0.29) is 11.3 Å². The molecular formula is C9H12ClN7O. The number of anilines is 1. The summed E-state index contributed by atoms with van der Waals surface area (Å²) in [4.78, 5) is 15.7. The molecule has 8 nitrogen and oxygen atoms in total. The molecule has 0 amide bonds. The van der Waals surface area contributed by atoms with Gasteiger partial charge in [-0.3, -0.25) is 5.10 Å². The number of rotatable bonds is 6. The number of aromatic amines is 1. The first-order valence-corrected chi connectivity index (χ1v) is 5.69. The molecule has 0 aromatic carbocycles. The molecule has 0 bridgehead atoms. The van der Waals surface area contributed by atoms with Gasteiger partial charge in [-0.2, -0.15) is 20.1 Å². The molecule has 0 fully saturated rings. The molecule has 0 aliphatic heterocycles. The Morgan fingerprint density at radius 1 is 1.39 bits per heavy atom. The predicted octanol–water partition coefficient (Wildman–Crippen LogP) is 0.696. The Morgan fingerprint density at radius 3 is 3.00 bits per heavy atom. The summed E-state index contributed by atoms with van der Waals surface area (Å²) in [5.41, 5.74) is 0. The molecule has 96 valence electrons. The average Bonchev–Trinajstić information content (AvgIpc) is 2.87. The second-order valence-electron chi connectivity index (χ2n) is 3.38. The first kappa shape index (κ1) is 12.5. The maximum atomic E-state index is 5.72. The highest BCUT2D eigenvalue weighted by molar-refractivity contribution is 6.28. The van der Waals surface area contributed by atoms with Crippen LogP contribution < -0.4 is 10.1 Å². The molecule has 0 unspecified atom stereocenters. The summed E-state index contributed by atoms with van der Waals surface area (Å²) in [7, 11) is 1.47. The van der Waals surface area contributed by atoms with Gasteiger partial charge in [-0.15, -0.1) is 0 Å². The molecule has 0 saturated carbocycles. The molecule has 2 aromatic rings. The van der Waals surface area contributed by atoms with Gasteiger partial charge in [0.15, 0.2) is 0 Å². The fourth-order valence-electron chi connectivity index (χ4n) is 1.31. The molecule has 18 heavy (non-hydrogen) atoms. The number of aromatic nitrogens is 6. The first-order valence-electron chi connectivity index (χ1n) is 5.31. The van der Waals surface area contributed by atoms with Crippen LogP contribution in [-0.4, -0.2) is 43.8 Å². The van der Waals surface area contributed by atoms with Crippen LogP contribution >= 0.6 is 11.6 Å². The first-order chi connectivity index (χ1) is 8.78. The van der Waals surface area contributed by atoms with Crippen LogP contribution in [0.25, 0.3) is 0 Å². The molecule has 0 saturated heterocycles. The van der Waals surface area contributed by atoms with Crippen LogP contribution in [0.5, 0.6) is 6.01 Å². The van der Waals surface area contributed by atoms with E-state index in [9.17, 15) is 0 Å². The number of H-pyrrole nitrogens is 1. The van der Waals surface area contributed by atoms with Crippen LogP contribution in [0.2, 0.25) is 5.28 Å². The number of nitrogens with zero attached hydrogens (tertiary/aromatic N) is 5. The molecule has 0 aliphatic rings. The predicted molar refractivity (Wildman–Crippen MR) is 64.6 cm³/mol. The van der Waals surface area contributed by atoms with Crippen molar-refractivity contribution in [2.24, 2.45) is 0 Å². The molecule has 2 N–H and O–H groups in total. The van der Waals surface area contributed by atoms with Crippen LogP contribution in [-0.2, 0) is 6.42 Å². The molecule has 0 spiro atoms. The van der Waals surface area contributed by atoms with E-state index in [4.69, 9.17) is 16.3 Å². The van der Waals surface area contributed by atoms with Gasteiger partial charge >= 0.3 is 6.01 Å². The van der Waals surface area contributed by atoms with Crippen LogP contribution in [0.4, 0.5) is 5.95 Å². The van der Waals surface area contributed by atoms with Crippen molar-refractivity contribution in [2.75, 3.05) is 19.0 Å². The Kier molecular flexibility index (Phi) is 4.24. The average molecular weight is 270 g/mol. The Bertz CT molecular complexity index is 490. The topological polar surface area (TPSA) is 102 Å². The largest absolute Gasteiger partial charge is 0.467 e. The van der Waals surface area contributed by atoms with E-state index in [1.807, 2.05) is 0 Å². The summed E-state index contributed by atoms with van der Waals surface area (Å²) in [5.74, 6) is 1.24. The van der Waals surface area contributed by atoms with Crippen molar-refractivity contribution in [2.45, 2.75) is 12.8 Å². The molecule has 2 aromatic heterocycles. The Hall–Kier alpha value is -1.96. The monoisotopic (exact) mass is 269 g/mol. The van der Waals surface area contributed by atoms with E-state index in [1.165, 1.54) is 13.4 Å². The third-order valence-corrected chi connectivity index (χ3v) is 2.28. The number of halogens is 1. The van der Waals surface area contributed by atoms with Crippen molar-refractivity contribution >= 4 is 17.5 Å². The highest BCUT2D eigenvalue weighted by atomic mass is 35.5. The lowest BCUT2D eigenvalue weighted by atomic mass is 10.3. The third kappa shape index (κ3) is 3.52. The number of aryl methyl sites for hydroxylation is 1. The smallest absolute Gasteiger partial charge is 0.322 e. The standard InChI is InChI=1S/C9H12ClN7O/c1-18-9-15-7(10)14-8(16-9)11-4-2-3-6-12-5-13-17-6/h5H,2-4H2,1H3,(H,12,13,17)(H,11,14,15,16). The van der Waals surface area contributed by atoms with Crippen molar-refractivity contribution in [3.63, 3.8) is 0 Å². The summed E-state index contributed by atoms with van der Waals surface area (Å²) in [5, 5.41) is 9.69. The summed E-state index contributed by atoms with van der Waals surface area (Å²) < 4.78 is 4.89. The van der Waals surface area contributed by atoms with Crippen LogP contribution in [0.15, 0.2) is 6.33 Å². The lowest BCUT2D eigenvalue weighted by Crippen LogP contribution is -2.08. The van der Waals surface area contributed by atoms with Gasteiger partial charge in [0.25, 0.3) is 0 Å². The molecule has 2 rings (SSSR count). The van der Waals surface area contributed by atoms with Crippen LogP contribution in [0.3, 0.4) is 0 Å². The van der Waals surface area contributed by atoms with E-state index in [2.05, 4.69) is 35.5 Å². The van der Waals surface area contributed by atoms with Crippen molar-refractivity contribution in [3.8, 4) is 6.01 Å².